The zero-order chi connectivity index (χ0) is 14.6. The van der Waals surface area contributed by atoms with Gasteiger partial charge in [-0.15, -0.1) is 0 Å². The van der Waals surface area contributed by atoms with Crippen molar-refractivity contribution in [1.82, 2.24) is 0 Å². The summed E-state index contributed by atoms with van der Waals surface area (Å²) in [7, 11) is -0.964. The lowest BCUT2D eigenvalue weighted by molar-refractivity contribution is -0.137. The Kier molecular flexibility index (Phi) is 5.85. The predicted octanol–water partition coefficient (Wildman–Crippen LogP) is 4.04. The van der Waals surface area contributed by atoms with Crippen LogP contribution in [0.2, 0.25) is 0 Å². The van der Waals surface area contributed by atoms with Crippen LogP contribution in [0.5, 0.6) is 0 Å². The molecular weight excluding hydrogens is 343 g/mol. The van der Waals surface area contributed by atoms with Crippen LogP contribution in [0, 0.1) is 0 Å². The number of benzene rings is 1. The first kappa shape index (κ1) is 16.5. The largest absolute Gasteiger partial charge is 0.418 e. The molecule has 0 radical (unpaired) electrons. The SMILES string of the molecule is CC(CCNc1ccc(Br)cc1C(F)(F)F)S(C)=O. The molecule has 108 valence electrons. The van der Waals surface area contributed by atoms with Gasteiger partial charge in [0.2, 0.25) is 0 Å². The molecule has 1 aromatic rings. The minimum Gasteiger partial charge on any atom is -0.385 e. The van der Waals surface area contributed by atoms with Gasteiger partial charge in [0.05, 0.1) is 5.56 Å². The summed E-state index contributed by atoms with van der Waals surface area (Å²) in [6.07, 6.45) is -2.26. The molecule has 0 saturated heterocycles. The van der Waals surface area contributed by atoms with Crippen LogP contribution in [0.3, 0.4) is 0 Å². The molecule has 0 amide bonds. The second-order valence-corrected chi connectivity index (χ2v) is 6.93. The van der Waals surface area contributed by atoms with Crippen molar-refractivity contribution in [3.8, 4) is 0 Å². The van der Waals surface area contributed by atoms with Crippen molar-refractivity contribution in [3.63, 3.8) is 0 Å². The van der Waals surface area contributed by atoms with Crippen LogP contribution in [0.15, 0.2) is 22.7 Å². The Morgan fingerprint density at radius 3 is 2.58 bits per heavy atom. The van der Waals surface area contributed by atoms with Gasteiger partial charge in [0.15, 0.2) is 0 Å². The number of rotatable bonds is 5. The zero-order valence-electron chi connectivity index (χ0n) is 10.6. The average molecular weight is 358 g/mol. The van der Waals surface area contributed by atoms with Crippen LogP contribution in [0.25, 0.3) is 0 Å². The van der Waals surface area contributed by atoms with Crippen molar-refractivity contribution >= 4 is 32.4 Å². The van der Waals surface area contributed by atoms with E-state index in [0.717, 1.165) is 6.07 Å². The summed E-state index contributed by atoms with van der Waals surface area (Å²) in [6.45, 7) is 2.16. The van der Waals surface area contributed by atoms with E-state index < -0.39 is 22.5 Å². The van der Waals surface area contributed by atoms with E-state index in [1.807, 2.05) is 6.92 Å². The van der Waals surface area contributed by atoms with Crippen LogP contribution in [-0.2, 0) is 17.0 Å². The van der Waals surface area contributed by atoms with Gasteiger partial charge in [-0.05, 0) is 24.6 Å². The van der Waals surface area contributed by atoms with E-state index in [9.17, 15) is 17.4 Å². The molecule has 0 bridgehead atoms. The molecule has 19 heavy (non-hydrogen) atoms. The Balaban J connectivity index is 2.76. The third-order valence-corrected chi connectivity index (χ3v) is 4.58. The van der Waals surface area contributed by atoms with Crippen molar-refractivity contribution in [2.24, 2.45) is 0 Å². The lowest BCUT2D eigenvalue weighted by Crippen LogP contribution is -2.17. The van der Waals surface area contributed by atoms with Crippen molar-refractivity contribution in [1.29, 1.82) is 0 Å². The van der Waals surface area contributed by atoms with Crippen molar-refractivity contribution in [2.45, 2.75) is 24.8 Å². The summed E-state index contributed by atoms with van der Waals surface area (Å²) in [4.78, 5) is 0. The van der Waals surface area contributed by atoms with Gasteiger partial charge in [-0.1, -0.05) is 22.9 Å². The third-order valence-electron chi connectivity index (χ3n) is 2.72. The highest BCUT2D eigenvalue weighted by atomic mass is 79.9. The van der Waals surface area contributed by atoms with E-state index in [1.54, 1.807) is 12.3 Å². The lowest BCUT2D eigenvalue weighted by atomic mass is 10.1. The molecule has 2 unspecified atom stereocenters. The number of nitrogens with one attached hydrogen (secondary N) is 1. The summed E-state index contributed by atoms with van der Waals surface area (Å²) in [5.74, 6) is 0. The molecule has 1 aromatic carbocycles. The second kappa shape index (κ2) is 6.74. The standard InChI is InChI=1S/C12H15BrF3NOS/c1-8(19(2)18)5-6-17-11-4-3-9(13)7-10(11)12(14,15)16/h3-4,7-8,17H,5-6H2,1-2H3. The van der Waals surface area contributed by atoms with Gasteiger partial charge in [0.1, 0.15) is 0 Å². The smallest absolute Gasteiger partial charge is 0.385 e. The quantitative estimate of drug-likeness (QED) is 0.861. The normalized spacial score (nSPS) is 15.1. The molecular formula is C12H15BrF3NOS. The fourth-order valence-electron chi connectivity index (χ4n) is 1.48. The molecule has 7 heteroatoms. The summed E-state index contributed by atoms with van der Waals surface area (Å²) < 4.78 is 50.0. The Morgan fingerprint density at radius 2 is 2.05 bits per heavy atom. The van der Waals surface area contributed by atoms with Crippen LogP contribution in [0.4, 0.5) is 18.9 Å². The third kappa shape index (κ3) is 5.14. The maximum Gasteiger partial charge on any atom is 0.418 e. The summed E-state index contributed by atoms with van der Waals surface area (Å²) in [5, 5.41) is 2.71. The zero-order valence-corrected chi connectivity index (χ0v) is 13.0. The van der Waals surface area contributed by atoms with E-state index in [2.05, 4.69) is 21.2 Å². The number of anilines is 1. The van der Waals surface area contributed by atoms with Gasteiger partial charge >= 0.3 is 6.18 Å². The molecule has 1 rings (SSSR count). The topological polar surface area (TPSA) is 29.1 Å². The van der Waals surface area contributed by atoms with E-state index in [0.29, 0.717) is 17.4 Å². The minimum atomic E-state index is -4.40. The molecule has 0 aliphatic carbocycles. The van der Waals surface area contributed by atoms with E-state index in [4.69, 9.17) is 0 Å². The van der Waals surface area contributed by atoms with Gasteiger partial charge in [0, 0.05) is 39.0 Å². The van der Waals surface area contributed by atoms with E-state index >= 15 is 0 Å². The van der Waals surface area contributed by atoms with Crippen LogP contribution < -0.4 is 5.32 Å². The molecule has 0 saturated carbocycles. The molecule has 0 aliphatic rings. The van der Waals surface area contributed by atoms with Crippen molar-refractivity contribution in [2.75, 3.05) is 18.1 Å². The van der Waals surface area contributed by atoms with Gasteiger partial charge in [-0.25, -0.2) is 0 Å². The van der Waals surface area contributed by atoms with E-state index in [1.165, 1.54) is 6.07 Å². The van der Waals surface area contributed by atoms with Gasteiger partial charge in [-0.3, -0.25) is 4.21 Å². The Morgan fingerprint density at radius 1 is 1.42 bits per heavy atom. The molecule has 2 nitrogen and oxygen atoms in total. The Labute approximate surface area is 121 Å². The number of alkyl halides is 3. The number of hydrogen-bond acceptors (Lipinski definition) is 2. The number of halogens is 4. The summed E-state index contributed by atoms with van der Waals surface area (Å²) in [6, 6.07) is 3.99. The van der Waals surface area contributed by atoms with Crippen LogP contribution >= 0.6 is 15.9 Å². The molecule has 0 aliphatic heterocycles. The fraction of sp³-hybridized carbons (Fsp3) is 0.500. The Bertz CT molecular complexity index is 465. The highest BCUT2D eigenvalue weighted by Gasteiger charge is 2.33. The highest BCUT2D eigenvalue weighted by molar-refractivity contribution is 9.10. The van der Waals surface area contributed by atoms with Crippen molar-refractivity contribution in [3.05, 3.63) is 28.2 Å². The van der Waals surface area contributed by atoms with E-state index in [-0.39, 0.29) is 10.9 Å². The fourth-order valence-corrected chi connectivity index (χ4v) is 2.29. The maximum atomic E-state index is 12.8. The summed E-state index contributed by atoms with van der Waals surface area (Å²) >= 11 is 3.03. The number of hydrogen-bond donors (Lipinski definition) is 1. The minimum absolute atomic E-state index is 0.0442. The predicted molar refractivity (Wildman–Crippen MR) is 75.8 cm³/mol. The Hall–Kier alpha value is -0.560. The summed E-state index contributed by atoms with van der Waals surface area (Å²) in [5.41, 5.74) is -0.656. The lowest BCUT2D eigenvalue weighted by Gasteiger charge is -2.16. The highest BCUT2D eigenvalue weighted by Crippen LogP contribution is 2.36. The molecule has 0 heterocycles. The van der Waals surface area contributed by atoms with Crippen LogP contribution in [-0.4, -0.2) is 22.3 Å². The molecule has 0 aromatic heterocycles. The van der Waals surface area contributed by atoms with Crippen LogP contribution in [0.1, 0.15) is 18.9 Å². The first-order valence-electron chi connectivity index (χ1n) is 5.64. The monoisotopic (exact) mass is 357 g/mol. The van der Waals surface area contributed by atoms with Gasteiger partial charge in [0.25, 0.3) is 0 Å². The molecule has 0 spiro atoms. The average Bonchev–Trinajstić information content (AvgIpc) is 2.29. The first-order valence-corrected chi connectivity index (χ1v) is 8.06. The van der Waals surface area contributed by atoms with Crippen molar-refractivity contribution < 1.29 is 17.4 Å². The maximum absolute atomic E-state index is 12.8. The molecule has 2 atom stereocenters. The first-order chi connectivity index (χ1) is 8.71. The second-order valence-electron chi connectivity index (χ2n) is 4.21. The molecule has 0 fully saturated rings. The van der Waals surface area contributed by atoms with Gasteiger partial charge in [-0.2, -0.15) is 13.2 Å². The molecule has 1 N–H and O–H groups in total. The van der Waals surface area contributed by atoms with Gasteiger partial charge < -0.3 is 5.32 Å².